The largest absolute Gasteiger partial charge is 0.452 e. The monoisotopic (exact) mass is 433 g/mol. The van der Waals surface area contributed by atoms with Crippen LogP contribution in [0, 0.1) is 10.1 Å². The zero-order valence-corrected chi connectivity index (χ0v) is 16.6. The maximum Gasteiger partial charge on any atom is 0.338 e. The van der Waals surface area contributed by atoms with Gasteiger partial charge in [-0.05, 0) is 49.2 Å². The summed E-state index contributed by atoms with van der Waals surface area (Å²) in [6.45, 7) is 0.436. The first-order chi connectivity index (χ1) is 14.3. The summed E-state index contributed by atoms with van der Waals surface area (Å²) >= 11 is 0. The lowest BCUT2D eigenvalue weighted by atomic mass is 10.2. The number of nitrogens with zero attached hydrogens (tertiary/aromatic N) is 2. The van der Waals surface area contributed by atoms with E-state index in [1.54, 1.807) is 0 Å². The van der Waals surface area contributed by atoms with E-state index in [0.29, 0.717) is 18.8 Å². The number of hydrogen-bond acceptors (Lipinski definition) is 7. The van der Waals surface area contributed by atoms with Gasteiger partial charge in [0.1, 0.15) is 0 Å². The molecule has 0 unspecified atom stereocenters. The van der Waals surface area contributed by atoms with Crippen LogP contribution in [0.25, 0.3) is 0 Å². The van der Waals surface area contributed by atoms with Gasteiger partial charge in [0.2, 0.25) is 10.0 Å². The Kier molecular flexibility index (Phi) is 6.43. The highest BCUT2D eigenvalue weighted by Gasteiger charge is 2.27. The summed E-state index contributed by atoms with van der Waals surface area (Å²) in [7, 11) is -3.54. The van der Waals surface area contributed by atoms with Crippen LogP contribution in [-0.2, 0) is 19.6 Å². The molecule has 30 heavy (non-hydrogen) atoms. The van der Waals surface area contributed by atoms with Crippen molar-refractivity contribution >= 4 is 33.3 Å². The van der Waals surface area contributed by atoms with Crippen molar-refractivity contribution in [2.45, 2.75) is 17.7 Å². The summed E-state index contributed by atoms with van der Waals surface area (Å²) in [5, 5.41) is 13.1. The van der Waals surface area contributed by atoms with Gasteiger partial charge in [-0.1, -0.05) is 0 Å². The molecule has 3 rings (SSSR count). The van der Waals surface area contributed by atoms with Crippen molar-refractivity contribution in [3.8, 4) is 0 Å². The minimum atomic E-state index is -3.54. The Balaban J connectivity index is 1.53. The van der Waals surface area contributed by atoms with E-state index < -0.39 is 33.4 Å². The third kappa shape index (κ3) is 4.99. The fraction of sp³-hybridized carbons (Fsp3) is 0.263. The fourth-order valence-corrected chi connectivity index (χ4v) is 4.44. The third-order valence-electron chi connectivity index (χ3n) is 4.49. The van der Waals surface area contributed by atoms with Crippen molar-refractivity contribution in [2.24, 2.45) is 0 Å². The summed E-state index contributed by atoms with van der Waals surface area (Å²) in [4.78, 5) is 34.1. The highest BCUT2D eigenvalue weighted by molar-refractivity contribution is 7.89. The molecule has 11 heteroatoms. The van der Waals surface area contributed by atoms with Crippen LogP contribution in [0.15, 0.2) is 53.4 Å². The maximum atomic E-state index is 12.5. The number of carbonyl (C=O) groups excluding carboxylic acids is 2. The van der Waals surface area contributed by atoms with E-state index in [1.807, 2.05) is 0 Å². The molecule has 0 atom stereocenters. The number of esters is 1. The van der Waals surface area contributed by atoms with Gasteiger partial charge in [-0.25, -0.2) is 13.2 Å². The number of nitro groups is 1. The van der Waals surface area contributed by atoms with Crippen molar-refractivity contribution in [3.05, 3.63) is 64.2 Å². The second-order valence-corrected chi connectivity index (χ2v) is 8.50. The summed E-state index contributed by atoms with van der Waals surface area (Å²) in [5.74, 6) is -1.41. The number of benzene rings is 2. The Hall–Kier alpha value is -3.31. The van der Waals surface area contributed by atoms with Crippen LogP contribution < -0.4 is 5.32 Å². The summed E-state index contributed by atoms with van der Waals surface area (Å²) in [6.07, 6.45) is 1.68. The fourth-order valence-electron chi connectivity index (χ4n) is 2.92. The van der Waals surface area contributed by atoms with E-state index in [1.165, 1.54) is 40.7 Å². The van der Waals surface area contributed by atoms with Crippen molar-refractivity contribution in [2.75, 3.05) is 25.0 Å². The first kappa shape index (κ1) is 21.4. The highest BCUT2D eigenvalue weighted by atomic mass is 32.2. The van der Waals surface area contributed by atoms with Gasteiger partial charge in [0.15, 0.2) is 6.61 Å². The molecular weight excluding hydrogens is 414 g/mol. The molecule has 1 fully saturated rings. The number of rotatable bonds is 7. The van der Waals surface area contributed by atoms with Gasteiger partial charge in [-0.3, -0.25) is 14.9 Å². The van der Waals surface area contributed by atoms with E-state index in [0.717, 1.165) is 25.0 Å². The molecule has 10 nitrogen and oxygen atoms in total. The minimum Gasteiger partial charge on any atom is -0.452 e. The number of nitro benzene ring substituents is 1. The summed E-state index contributed by atoms with van der Waals surface area (Å²) in [5.41, 5.74) is 0.260. The molecule has 1 aliphatic rings. The van der Waals surface area contributed by atoms with Crippen LogP contribution in [0.2, 0.25) is 0 Å². The number of hydrogen-bond donors (Lipinski definition) is 1. The van der Waals surface area contributed by atoms with Gasteiger partial charge < -0.3 is 10.1 Å². The predicted molar refractivity (Wildman–Crippen MR) is 106 cm³/mol. The van der Waals surface area contributed by atoms with E-state index in [2.05, 4.69) is 5.32 Å². The molecule has 1 N–H and O–H groups in total. The molecule has 2 aromatic rings. The van der Waals surface area contributed by atoms with Crippen LogP contribution >= 0.6 is 0 Å². The molecule has 0 bridgehead atoms. The summed E-state index contributed by atoms with van der Waals surface area (Å²) < 4.78 is 31.3. The molecule has 1 heterocycles. The Morgan fingerprint density at radius 3 is 2.20 bits per heavy atom. The van der Waals surface area contributed by atoms with Crippen LogP contribution in [0.5, 0.6) is 0 Å². The van der Waals surface area contributed by atoms with Crippen LogP contribution in [0.3, 0.4) is 0 Å². The third-order valence-corrected chi connectivity index (χ3v) is 6.40. The number of non-ortho nitro benzene ring substituents is 1. The normalized spacial score (nSPS) is 14.3. The van der Waals surface area contributed by atoms with E-state index in [-0.39, 0.29) is 16.1 Å². The molecule has 2 aromatic carbocycles. The summed E-state index contributed by atoms with van der Waals surface area (Å²) in [6, 6.07) is 10.5. The Morgan fingerprint density at radius 2 is 1.63 bits per heavy atom. The van der Waals surface area contributed by atoms with Crippen LogP contribution in [0.4, 0.5) is 11.4 Å². The van der Waals surface area contributed by atoms with Gasteiger partial charge in [0, 0.05) is 30.9 Å². The molecule has 0 spiro atoms. The standard InChI is InChI=1S/C19H19N3O7S/c23-18(13-29-19(24)14-3-7-16(8-4-14)22(25)26)20-15-5-9-17(10-6-15)30(27,28)21-11-1-2-12-21/h3-10H,1-2,11-13H2,(H,20,23). The van der Waals surface area contributed by atoms with E-state index >= 15 is 0 Å². The predicted octanol–water partition coefficient (Wildman–Crippen LogP) is 2.17. The molecule has 1 aliphatic heterocycles. The topological polar surface area (TPSA) is 136 Å². The number of amides is 1. The van der Waals surface area contributed by atoms with Gasteiger partial charge >= 0.3 is 5.97 Å². The zero-order valence-electron chi connectivity index (χ0n) is 15.8. The molecule has 0 radical (unpaired) electrons. The lowest BCUT2D eigenvalue weighted by Gasteiger charge is -2.15. The Labute approximate surface area is 172 Å². The smallest absolute Gasteiger partial charge is 0.338 e. The first-order valence-corrected chi connectivity index (χ1v) is 10.5. The lowest BCUT2D eigenvalue weighted by Crippen LogP contribution is -2.27. The van der Waals surface area contributed by atoms with Gasteiger partial charge in [0.25, 0.3) is 11.6 Å². The minimum absolute atomic E-state index is 0.0740. The molecule has 158 valence electrons. The zero-order chi connectivity index (χ0) is 21.7. The van der Waals surface area contributed by atoms with Gasteiger partial charge in [-0.2, -0.15) is 4.31 Å². The van der Waals surface area contributed by atoms with E-state index in [4.69, 9.17) is 4.74 Å². The molecular formula is C19H19N3O7S. The van der Waals surface area contributed by atoms with Crippen LogP contribution in [0.1, 0.15) is 23.2 Å². The first-order valence-electron chi connectivity index (χ1n) is 9.09. The Bertz CT molecular complexity index is 1040. The molecule has 1 saturated heterocycles. The number of sulfonamides is 1. The second-order valence-electron chi connectivity index (χ2n) is 6.56. The van der Waals surface area contributed by atoms with Gasteiger partial charge in [0.05, 0.1) is 15.4 Å². The molecule has 0 aromatic heterocycles. The SMILES string of the molecule is O=C(COC(=O)c1ccc([N+](=O)[O-])cc1)Nc1ccc(S(=O)(=O)N2CCCC2)cc1. The van der Waals surface area contributed by atoms with Crippen molar-refractivity contribution in [3.63, 3.8) is 0 Å². The Morgan fingerprint density at radius 1 is 1.03 bits per heavy atom. The number of carbonyl (C=O) groups is 2. The van der Waals surface area contributed by atoms with E-state index in [9.17, 15) is 28.1 Å². The second kappa shape index (κ2) is 9.01. The van der Waals surface area contributed by atoms with Crippen molar-refractivity contribution in [1.82, 2.24) is 4.31 Å². The lowest BCUT2D eigenvalue weighted by molar-refractivity contribution is -0.384. The van der Waals surface area contributed by atoms with Crippen molar-refractivity contribution in [1.29, 1.82) is 0 Å². The molecule has 0 saturated carbocycles. The molecule has 1 amide bonds. The van der Waals surface area contributed by atoms with Crippen LogP contribution in [-0.4, -0.2) is 49.2 Å². The quantitative estimate of drug-likeness (QED) is 0.401. The highest BCUT2D eigenvalue weighted by Crippen LogP contribution is 2.22. The molecule has 0 aliphatic carbocycles. The number of anilines is 1. The average Bonchev–Trinajstić information content (AvgIpc) is 3.28. The van der Waals surface area contributed by atoms with Gasteiger partial charge in [-0.15, -0.1) is 0 Å². The van der Waals surface area contributed by atoms with Crippen molar-refractivity contribution < 1.29 is 27.7 Å². The number of nitrogens with one attached hydrogen (secondary N) is 1. The number of ether oxygens (including phenoxy) is 1. The average molecular weight is 433 g/mol. The maximum absolute atomic E-state index is 12.5.